The molecule has 0 aliphatic carbocycles. The van der Waals surface area contributed by atoms with E-state index in [4.69, 9.17) is 0 Å². The molecule has 4 nitrogen and oxygen atoms in total. The number of carbonyl (C=O) groups is 1. The molecule has 1 amide bonds. The van der Waals surface area contributed by atoms with Crippen molar-refractivity contribution in [2.75, 3.05) is 17.7 Å². The molecule has 0 aliphatic rings. The number of benzene rings is 1. The topological polar surface area (TPSA) is 54.0 Å². The van der Waals surface area contributed by atoms with Gasteiger partial charge in [0.25, 0.3) is 5.91 Å². The molecule has 0 spiro atoms. The highest BCUT2D eigenvalue weighted by Crippen LogP contribution is 2.23. The summed E-state index contributed by atoms with van der Waals surface area (Å²) in [6.45, 7) is 6.04. The minimum Gasteiger partial charge on any atom is -0.372 e. The minimum absolute atomic E-state index is 0.155. The molecule has 1 aromatic carbocycles. The Morgan fingerprint density at radius 3 is 2.40 bits per heavy atom. The fourth-order valence-corrected chi connectivity index (χ4v) is 2.35. The van der Waals surface area contributed by atoms with Crippen LogP contribution in [0.4, 0.5) is 11.5 Å². The number of carbonyl (C=O) groups excluding carboxylic acids is 1. The average molecular weight is 269 g/mol. The molecular weight excluding hydrogens is 250 g/mol. The van der Waals surface area contributed by atoms with Gasteiger partial charge < -0.3 is 10.6 Å². The van der Waals surface area contributed by atoms with Crippen molar-refractivity contribution in [3.8, 4) is 0 Å². The maximum atomic E-state index is 12.4. The number of anilines is 2. The van der Waals surface area contributed by atoms with Crippen LogP contribution in [0.25, 0.3) is 0 Å². The maximum Gasteiger partial charge on any atom is 0.259 e. The Hall–Kier alpha value is -2.36. The number of nitrogens with zero attached hydrogens (tertiary/aromatic N) is 1. The van der Waals surface area contributed by atoms with E-state index in [-0.39, 0.29) is 5.91 Å². The first-order chi connectivity index (χ1) is 9.52. The van der Waals surface area contributed by atoms with Crippen LogP contribution in [-0.4, -0.2) is 17.9 Å². The summed E-state index contributed by atoms with van der Waals surface area (Å²) in [5.41, 5.74) is 4.72. The second-order valence-electron chi connectivity index (χ2n) is 4.88. The molecule has 1 aromatic heterocycles. The Morgan fingerprint density at radius 2 is 1.80 bits per heavy atom. The smallest absolute Gasteiger partial charge is 0.259 e. The summed E-state index contributed by atoms with van der Waals surface area (Å²) in [5, 5.41) is 5.91. The molecule has 0 fully saturated rings. The Morgan fingerprint density at radius 1 is 1.15 bits per heavy atom. The van der Waals surface area contributed by atoms with E-state index in [1.54, 1.807) is 25.4 Å². The zero-order chi connectivity index (χ0) is 14.7. The van der Waals surface area contributed by atoms with Gasteiger partial charge in [-0.25, -0.2) is 4.98 Å². The number of nitrogens with one attached hydrogen (secondary N) is 2. The molecule has 2 N–H and O–H groups in total. The summed E-state index contributed by atoms with van der Waals surface area (Å²) in [5.74, 6) is 0.421. The van der Waals surface area contributed by atoms with Gasteiger partial charge in [-0.15, -0.1) is 0 Å². The van der Waals surface area contributed by atoms with Crippen molar-refractivity contribution >= 4 is 17.4 Å². The third-order valence-electron chi connectivity index (χ3n) is 3.20. The van der Waals surface area contributed by atoms with Crippen LogP contribution in [0.15, 0.2) is 30.5 Å². The second-order valence-corrected chi connectivity index (χ2v) is 4.88. The van der Waals surface area contributed by atoms with Crippen molar-refractivity contribution in [2.45, 2.75) is 20.8 Å². The Bertz CT molecular complexity index is 627. The number of rotatable bonds is 3. The van der Waals surface area contributed by atoms with E-state index in [2.05, 4.69) is 27.8 Å². The van der Waals surface area contributed by atoms with E-state index in [9.17, 15) is 4.79 Å². The zero-order valence-electron chi connectivity index (χ0n) is 12.2. The first kappa shape index (κ1) is 14.1. The molecule has 0 saturated carbocycles. The van der Waals surface area contributed by atoms with Gasteiger partial charge >= 0.3 is 0 Å². The van der Waals surface area contributed by atoms with Gasteiger partial charge in [0.05, 0.1) is 5.56 Å². The molecule has 20 heavy (non-hydrogen) atoms. The Kier molecular flexibility index (Phi) is 4.03. The van der Waals surface area contributed by atoms with Gasteiger partial charge in [-0.1, -0.05) is 17.7 Å². The fraction of sp³-hybridized carbons (Fsp3) is 0.250. The average Bonchev–Trinajstić information content (AvgIpc) is 2.42. The van der Waals surface area contributed by atoms with Crippen LogP contribution < -0.4 is 10.6 Å². The van der Waals surface area contributed by atoms with Gasteiger partial charge in [0.2, 0.25) is 0 Å². The summed E-state index contributed by atoms with van der Waals surface area (Å²) in [7, 11) is 1.75. The maximum absolute atomic E-state index is 12.4. The van der Waals surface area contributed by atoms with Crippen molar-refractivity contribution in [1.29, 1.82) is 0 Å². The molecule has 2 aromatic rings. The van der Waals surface area contributed by atoms with Crippen molar-refractivity contribution in [3.05, 3.63) is 52.7 Å². The SMILES string of the molecule is CNc1ncccc1C(=O)Nc1c(C)cc(C)cc1C. The highest BCUT2D eigenvalue weighted by atomic mass is 16.1. The van der Waals surface area contributed by atoms with Crippen molar-refractivity contribution in [2.24, 2.45) is 0 Å². The van der Waals surface area contributed by atoms with Crippen LogP contribution >= 0.6 is 0 Å². The lowest BCUT2D eigenvalue weighted by Crippen LogP contribution is -2.16. The normalized spacial score (nSPS) is 10.2. The first-order valence-electron chi connectivity index (χ1n) is 6.55. The standard InChI is InChI=1S/C16H19N3O/c1-10-8-11(2)14(12(3)9-10)19-16(20)13-6-5-7-18-15(13)17-4/h5-9H,1-4H3,(H,17,18)(H,19,20). The molecular formula is C16H19N3O. The van der Waals surface area contributed by atoms with Gasteiger partial charge in [-0.3, -0.25) is 4.79 Å². The van der Waals surface area contributed by atoms with Crippen molar-refractivity contribution in [1.82, 2.24) is 4.98 Å². The highest BCUT2D eigenvalue weighted by molar-refractivity contribution is 6.08. The molecule has 0 bridgehead atoms. The Balaban J connectivity index is 2.33. The van der Waals surface area contributed by atoms with Gasteiger partial charge in [0.15, 0.2) is 0 Å². The van der Waals surface area contributed by atoms with Gasteiger partial charge in [-0.05, 0) is 44.0 Å². The summed E-state index contributed by atoms with van der Waals surface area (Å²) >= 11 is 0. The fourth-order valence-electron chi connectivity index (χ4n) is 2.35. The molecule has 1 heterocycles. The van der Waals surface area contributed by atoms with Crippen LogP contribution in [0.1, 0.15) is 27.0 Å². The molecule has 4 heteroatoms. The number of aryl methyl sites for hydroxylation is 3. The van der Waals surface area contributed by atoms with Crippen LogP contribution in [0.5, 0.6) is 0 Å². The number of amides is 1. The lowest BCUT2D eigenvalue weighted by atomic mass is 10.0. The number of pyridine rings is 1. The van der Waals surface area contributed by atoms with Crippen molar-refractivity contribution in [3.63, 3.8) is 0 Å². The Labute approximate surface area is 119 Å². The first-order valence-corrected chi connectivity index (χ1v) is 6.55. The summed E-state index contributed by atoms with van der Waals surface area (Å²) in [6, 6.07) is 7.63. The predicted octanol–water partition coefficient (Wildman–Crippen LogP) is 3.30. The quantitative estimate of drug-likeness (QED) is 0.899. The van der Waals surface area contributed by atoms with E-state index >= 15 is 0 Å². The molecule has 0 saturated heterocycles. The minimum atomic E-state index is -0.155. The van der Waals surface area contributed by atoms with Crippen LogP contribution in [-0.2, 0) is 0 Å². The van der Waals surface area contributed by atoms with Crippen molar-refractivity contribution < 1.29 is 4.79 Å². The zero-order valence-corrected chi connectivity index (χ0v) is 12.2. The van der Waals surface area contributed by atoms with Crippen LogP contribution in [0.2, 0.25) is 0 Å². The third-order valence-corrected chi connectivity index (χ3v) is 3.20. The van der Waals surface area contributed by atoms with E-state index in [1.807, 2.05) is 20.8 Å². The highest BCUT2D eigenvalue weighted by Gasteiger charge is 2.13. The molecule has 0 atom stereocenters. The molecule has 2 rings (SSSR count). The summed E-state index contributed by atoms with van der Waals surface area (Å²) in [4.78, 5) is 16.5. The molecule has 0 radical (unpaired) electrons. The van der Waals surface area contributed by atoms with Gasteiger partial charge in [0, 0.05) is 18.9 Å². The predicted molar refractivity (Wildman–Crippen MR) is 82.4 cm³/mol. The number of aromatic nitrogens is 1. The third kappa shape index (κ3) is 2.79. The van der Waals surface area contributed by atoms with Gasteiger partial charge in [0.1, 0.15) is 5.82 Å². The largest absolute Gasteiger partial charge is 0.372 e. The number of hydrogen-bond donors (Lipinski definition) is 2. The van der Waals surface area contributed by atoms with Crippen LogP contribution in [0, 0.1) is 20.8 Å². The van der Waals surface area contributed by atoms with E-state index in [1.165, 1.54) is 5.56 Å². The monoisotopic (exact) mass is 269 g/mol. The summed E-state index contributed by atoms with van der Waals surface area (Å²) < 4.78 is 0. The lowest BCUT2D eigenvalue weighted by molar-refractivity contribution is 0.102. The molecule has 0 unspecified atom stereocenters. The van der Waals surface area contributed by atoms with Gasteiger partial charge in [-0.2, -0.15) is 0 Å². The number of hydrogen-bond acceptors (Lipinski definition) is 3. The molecule has 0 aliphatic heterocycles. The summed E-state index contributed by atoms with van der Waals surface area (Å²) in [6.07, 6.45) is 1.66. The second kappa shape index (κ2) is 5.74. The molecule has 104 valence electrons. The van der Waals surface area contributed by atoms with E-state index in [0.29, 0.717) is 11.4 Å². The van der Waals surface area contributed by atoms with E-state index in [0.717, 1.165) is 16.8 Å². The van der Waals surface area contributed by atoms with Crippen LogP contribution in [0.3, 0.4) is 0 Å². The van der Waals surface area contributed by atoms with E-state index < -0.39 is 0 Å². The lowest BCUT2D eigenvalue weighted by Gasteiger charge is -2.14.